The van der Waals surface area contributed by atoms with Crippen LogP contribution in [-0.4, -0.2) is 38.2 Å². The summed E-state index contributed by atoms with van der Waals surface area (Å²) in [6.07, 6.45) is 0.979. The summed E-state index contributed by atoms with van der Waals surface area (Å²) >= 11 is 3.42. The van der Waals surface area contributed by atoms with Crippen LogP contribution in [0.2, 0.25) is 0 Å². The van der Waals surface area contributed by atoms with Gasteiger partial charge in [0.25, 0.3) is 0 Å². The molecule has 0 radical (unpaired) electrons. The number of ether oxygens (including phenoxy) is 3. The van der Waals surface area contributed by atoms with Crippen LogP contribution in [0.4, 0.5) is 0 Å². The van der Waals surface area contributed by atoms with E-state index in [9.17, 15) is 0 Å². The van der Waals surface area contributed by atoms with Crippen molar-refractivity contribution in [3.05, 3.63) is 41.5 Å². The average molecular weight is 426 g/mol. The molecular formula is C22H21N2O3S2+. The molecule has 29 heavy (non-hydrogen) atoms. The molecule has 1 N–H and O–H groups in total. The first kappa shape index (κ1) is 18.6. The van der Waals surface area contributed by atoms with Crippen LogP contribution in [0.15, 0.2) is 34.7 Å². The van der Waals surface area contributed by atoms with E-state index in [0.717, 1.165) is 39.9 Å². The molecule has 5 rings (SSSR count). The minimum Gasteiger partial charge on any atom is -0.492 e. The minimum atomic E-state index is 0.0548. The van der Waals surface area contributed by atoms with Gasteiger partial charge in [-0.15, -0.1) is 11.3 Å². The topological polar surface area (TPSA) is 45.0 Å². The van der Waals surface area contributed by atoms with Gasteiger partial charge in [0.1, 0.15) is 0 Å². The number of methoxy groups -OCH3 is 1. The predicted octanol–water partition coefficient (Wildman–Crippen LogP) is 2.94. The molecule has 1 aromatic heterocycles. The number of para-hydroxylation sites is 1. The number of rotatable bonds is 3. The van der Waals surface area contributed by atoms with Gasteiger partial charge < -0.3 is 19.1 Å². The number of nitrogens with one attached hydrogen (secondary N) is 1. The summed E-state index contributed by atoms with van der Waals surface area (Å²) in [4.78, 5) is 6.04. The summed E-state index contributed by atoms with van der Waals surface area (Å²) in [7, 11) is 3.88. The Bertz CT molecular complexity index is 1100. The number of benzene rings is 2. The van der Waals surface area contributed by atoms with E-state index in [1.54, 1.807) is 30.2 Å². The number of nitrogens with zero attached hydrogens (tertiary/aromatic N) is 1. The second-order valence-corrected chi connectivity index (χ2v) is 9.31. The molecule has 2 aliphatic heterocycles. The van der Waals surface area contributed by atoms with Gasteiger partial charge in [0.05, 0.1) is 42.2 Å². The molecule has 5 nitrogen and oxygen atoms in total. The van der Waals surface area contributed by atoms with E-state index in [1.165, 1.54) is 15.2 Å². The zero-order valence-corrected chi connectivity index (χ0v) is 17.9. The van der Waals surface area contributed by atoms with E-state index < -0.39 is 0 Å². The zero-order chi connectivity index (χ0) is 19.8. The van der Waals surface area contributed by atoms with Gasteiger partial charge in [-0.2, -0.15) is 0 Å². The van der Waals surface area contributed by atoms with Gasteiger partial charge >= 0.3 is 0 Å². The van der Waals surface area contributed by atoms with E-state index >= 15 is 0 Å². The van der Waals surface area contributed by atoms with Gasteiger partial charge in [0.2, 0.25) is 12.5 Å². The fraction of sp³-hybridized carbons (Fsp3) is 0.318. The fourth-order valence-corrected chi connectivity index (χ4v) is 5.70. The number of likely N-dealkylation sites (N-methyl/N-ethyl adjacent to an activating group) is 1. The third kappa shape index (κ3) is 3.42. The second kappa shape index (κ2) is 7.79. The first-order chi connectivity index (χ1) is 14.2. The van der Waals surface area contributed by atoms with Crippen LogP contribution in [0, 0.1) is 11.8 Å². The summed E-state index contributed by atoms with van der Waals surface area (Å²) in [5.74, 6) is 9.83. The molecule has 7 heteroatoms. The molecule has 0 saturated heterocycles. The van der Waals surface area contributed by atoms with Crippen molar-refractivity contribution in [2.75, 3.05) is 33.2 Å². The smallest absolute Gasteiger partial charge is 0.231 e. The number of thiazole rings is 1. The molecule has 3 aromatic rings. The van der Waals surface area contributed by atoms with Crippen molar-refractivity contribution in [3.8, 4) is 29.1 Å². The molecule has 0 spiro atoms. The lowest BCUT2D eigenvalue weighted by Crippen LogP contribution is -3.10. The first-order valence-corrected chi connectivity index (χ1v) is 11.3. The SMILES string of the molecule is COc1c2c(cc3c1[C@@H](C#CCSc1nc4ccccc4s1)[NH+](C)CC3)OCO2. The highest BCUT2D eigenvalue weighted by molar-refractivity contribution is 8.01. The quantitative estimate of drug-likeness (QED) is 0.516. The van der Waals surface area contributed by atoms with Crippen molar-refractivity contribution >= 4 is 33.3 Å². The van der Waals surface area contributed by atoms with Crippen LogP contribution in [0.1, 0.15) is 17.2 Å². The van der Waals surface area contributed by atoms with Crippen molar-refractivity contribution < 1.29 is 19.1 Å². The van der Waals surface area contributed by atoms with E-state index in [1.807, 2.05) is 12.1 Å². The van der Waals surface area contributed by atoms with Crippen LogP contribution in [-0.2, 0) is 6.42 Å². The Hall–Kier alpha value is -2.40. The summed E-state index contributed by atoms with van der Waals surface area (Å²) in [5.41, 5.74) is 3.44. The lowest BCUT2D eigenvalue weighted by molar-refractivity contribution is -0.905. The van der Waals surface area contributed by atoms with Gasteiger partial charge in [0.15, 0.2) is 21.9 Å². The van der Waals surface area contributed by atoms with Crippen molar-refractivity contribution in [2.45, 2.75) is 16.8 Å². The normalized spacial score (nSPS) is 19.5. The molecule has 1 unspecified atom stereocenters. The first-order valence-electron chi connectivity index (χ1n) is 9.53. The van der Waals surface area contributed by atoms with Crippen molar-refractivity contribution in [2.24, 2.45) is 0 Å². The molecular weight excluding hydrogens is 404 g/mol. The number of fused-ring (bicyclic) bond motifs is 3. The Morgan fingerprint density at radius 3 is 3.10 bits per heavy atom. The lowest BCUT2D eigenvalue weighted by Gasteiger charge is -2.30. The lowest BCUT2D eigenvalue weighted by atomic mass is 9.91. The Morgan fingerprint density at radius 2 is 2.24 bits per heavy atom. The molecule has 148 valence electrons. The maximum atomic E-state index is 5.74. The highest BCUT2D eigenvalue weighted by atomic mass is 32.2. The largest absolute Gasteiger partial charge is 0.492 e. The summed E-state index contributed by atoms with van der Waals surface area (Å²) in [6.45, 7) is 1.27. The summed E-state index contributed by atoms with van der Waals surface area (Å²) in [5, 5.41) is 0. The highest BCUT2D eigenvalue weighted by Crippen LogP contribution is 2.47. The minimum absolute atomic E-state index is 0.0548. The molecule has 2 aromatic carbocycles. The zero-order valence-electron chi connectivity index (χ0n) is 16.3. The molecule has 2 aliphatic rings. The Kier molecular flexibility index (Phi) is 5.00. The molecule has 2 atom stereocenters. The highest BCUT2D eigenvalue weighted by Gasteiger charge is 2.35. The Balaban J connectivity index is 1.39. The van der Waals surface area contributed by atoms with Gasteiger partial charge in [-0.3, -0.25) is 0 Å². The monoisotopic (exact) mass is 425 g/mol. The average Bonchev–Trinajstić information content (AvgIpc) is 3.37. The third-order valence-electron chi connectivity index (χ3n) is 5.31. The maximum Gasteiger partial charge on any atom is 0.231 e. The molecule has 0 amide bonds. The fourth-order valence-electron chi connectivity index (χ4n) is 3.88. The van der Waals surface area contributed by atoms with Crippen LogP contribution < -0.4 is 19.1 Å². The van der Waals surface area contributed by atoms with E-state index in [2.05, 4.69) is 42.1 Å². The van der Waals surface area contributed by atoms with Crippen LogP contribution >= 0.6 is 23.1 Å². The van der Waals surface area contributed by atoms with Crippen molar-refractivity contribution in [1.82, 2.24) is 4.98 Å². The third-order valence-corrected chi connectivity index (χ3v) is 7.37. The van der Waals surface area contributed by atoms with Gasteiger partial charge in [-0.1, -0.05) is 29.8 Å². The van der Waals surface area contributed by atoms with Gasteiger partial charge in [-0.25, -0.2) is 4.98 Å². The number of quaternary nitrogens is 1. The van der Waals surface area contributed by atoms with Crippen molar-refractivity contribution in [1.29, 1.82) is 0 Å². The van der Waals surface area contributed by atoms with Crippen molar-refractivity contribution in [3.63, 3.8) is 0 Å². The number of hydrogen-bond donors (Lipinski definition) is 1. The summed E-state index contributed by atoms with van der Waals surface area (Å²) in [6, 6.07) is 10.4. The number of aromatic nitrogens is 1. The van der Waals surface area contributed by atoms with E-state index in [0.29, 0.717) is 11.5 Å². The molecule has 3 heterocycles. The maximum absolute atomic E-state index is 5.74. The second-order valence-electron chi connectivity index (χ2n) is 7.05. The van der Waals surface area contributed by atoms with Gasteiger partial charge in [-0.05, 0) is 29.7 Å². The summed E-state index contributed by atoms with van der Waals surface area (Å²) < 4.78 is 19.3. The van der Waals surface area contributed by atoms with Crippen LogP contribution in [0.3, 0.4) is 0 Å². The molecule has 0 saturated carbocycles. The van der Waals surface area contributed by atoms with Crippen LogP contribution in [0.25, 0.3) is 10.2 Å². The molecule has 0 fully saturated rings. The Labute approximate surface area is 178 Å². The van der Waals surface area contributed by atoms with Crippen LogP contribution in [0.5, 0.6) is 17.2 Å². The van der Waals surface area contributed by atoms with Gasteiger partial charge in [0, 0.05) is 6.42 Å². The van der Waals surface area contributed by atoms with E-state index in [4.69, 9.17) is 14.2 Å². The standard InChI is InChI=1S/C22H20N2O3S2/c1-24-10-9-14-12-17-20(27-13-26-17)21(25-2)19(14)16(24)7-5-11-28-22-23-15-6-3-4-8-18(15)29-22/h3-4,6,8,12,16H,9-11,13H2,1-2H3/p+1/t16-/m1/s1. The predicted molar refractivity (Wildman–Crippen MR) is 115 cm³/mol. The molecule has 0 bridgehead atoms. The Morgan fingerprint density at radius 1 is 1.34 bits per heavy atom. The number of thioether (sulfide) groups is 1. The van der Waals surface area contributed by atoms with E-state index in [-0.39, 0.29) is 12.8 Å². The molecule has 0 aliphatic carbocycles. The number of hydrogen-bond acceptors (Lipinski definition) is 6.